The second kappa shape index (κ2) is 5.74. The highest BCUT2D eigenvalue weighted by Gasteiger charge is 2.25. The lowest BCUT2D eigenvalue weighted by Crippen LogP contribution is -2.42. The molecule has 0 unspecified atom stereocenters. The highest BCUT2D eigenvalue weighted by Crippen LogP contribution is 2.14. The van der Waals surface area contributed by atoms with Crippen LogP contribution in [0.15, 0.2) is 52.2 Å². The Morgan fingerprint density at radius 2 is 2.20 bits per heavy atom. The number of hydrogen-bond acceptors (Lipinski definition) is 5. The van der Waals surface area contributed by atoms with E-state index in [4.69, 9.17) is 4.42 Å². The number of pyridine rings is 1. The largest absolute Gasteiger partial charge is 0.469 e. The zero-order chi connectivity index (χ0) is 14.6. The standard InChI is InChI=1S/C13H16N2O4S/c1-13(16,8-11-4-3-7-19-11)10-15-20(17,18)12-5-2-6-14-9-12/h2-7,9,15-16H,8,10H2,1H3/t13-/m1/s1. The quantitative estimate of drug-likeness (QED) is 0.828. The van der Waals surface area contributed by atoms with Gasteiger partial charge in [-0.15, -0.1) is 0 Å². The second-order valence-corrected chi connectivity index (χ2v) is 6.53. The van der Waals surface area contributed by atoms with E-state index in [9.17, 15) is 13.5 Å². The van der Waals surface area contributed by atoms with Gasteiger partial charge in [0, 0.05) is 25.4 Å². The molecule has 0 spiro atoms. The van der Waals surface area contributed by atoms with Crippen LogP contribution in [-0.4, -0.2) is 30.7 Å². The van der Waals surface area contributed by atoms with Gasteiger partial charge in [0.25, 0.3) is 0 Å². The molecule has 0 radical (unpaired) electrons. The number of nitrogens with zero attached hydrogens (tertiary/aromatic N) is 1. The van der Waals surface area contributed by atoms with E-state index in [-0.39, 0.29) is 17.9 Å². The fraction of sp³-hybridized carbons (Fsp3) is 0.308. The number of nitrogens with one attached hydrogen (secondary N) is 1. The van der Waals surface area contributed by atoms with Crippen molar-refractivity contribution in [2.45, 2.75) is 23.8 Å². The lowest BCUT2D eigenvalue weighted by atomic mass is 10.0. The average molecular weight is 296 g/mol. The molecule has 1 atom stereocenters. The first kappa shape index (κ1) is 14.7. The summed E-state index contributed by atoms with van der Waals surface area (Å²) in [5.41, 5.74) is -1.24. The highest BCUT2D eigenvalue weighted by atomic mass is 32.2. The molecular formula is C13H16N2O4S. The molecule has 0 amide bonds. The van der Waals surface area contributed by atoms with Crippen molar-refractivity contribution in [2.24, 2.45) is 0 Å². The van der Waals surface area contributed by atoms with Crippen LogP contribution in [0.4, 0.5) is 0 Å². The van der Waals surface area contributed by atoms with Crippen molar-refractivity contribution in [3.63, 3.8) is 0 Å². The molecule has 2 N–H and O–H groups in total. The van der Waals surface area contributed by atoms with Crippen LogP contribution >= 0.6 is 0 Å². The summed E-state index contributed by atoms with van der Waals surface area (Å²) in [6.45, 7) is 1.42. The maximum atomic E-state index is 12.0. The number of rotatable bonds is 6. The Morgan fingerprint density at radius 1 is 1.40 bits per heavy atom. The SMILES string of the molecule is C[C@](O)(CNS(=O)(=O)c1cccnc1)Cc1ccco1. The maximum absolute atomic E-state index is 12.0. The van der Waals surface area contributed by atoms with Gasteiger partial charge >= 0.3 is 0 Å². The van der Waals surface area contributed by atoms with E-state index in [2.05, 4.69) is 9.71 Å². The predicted molar refractivity (Wildman–Crippen MR) is 72.5 cm³/mol. The average Bonchev–Trinajstić information content (AvgIpc) is 2.90. The first-order valence-electron chi connectivity index (χ1n) is 6.03. The van der Waals surface area contributed by atoms with Crippen molar-refractivity contribution < 1.29 is 17.9 Å². The topological polar surface area (TPSA) is 92.4 Å². The number of furan rings is 1. The van der Waals surface area contributed by atoms with Crippen molar-refractivity contribution in [1.29, 1.82) is 0 Å². The van der Waals surface area contributed by atoms with Crippen LogP contribution in [0.2, 0.25) is 0 Å². The van der Waals surface area contributed by atoms with Gasteiger partial charge in [0.05, 0.1) is 11.9 Å². The molecule has 2 rings (SSSR count). The van der Waals surface area contributed by atoms with Gasteiger partial charge in [0.1, 0.15) is 10.7 Å². The van der Waals surface area contributed by atoms with Crippen LogP contribution in [0, 0.1) is 0 Å². The molecular weight excluding hydrogens is 280 g/mol. The van der Waals surface area contributed by atoms with Crippen LogP contribution in [0.25, 0.3) is 0 Å². The van der Waals surface area contributed by atoms with Crippen LogP contribution in [0.3, 0.4) is 0 Å². The highest BCUT2D eigenvalue weighted by molar-refractivity contribution is 7.89. The van der Waals surface area contributed by atoms with E-state index in [0.29, 0.717) is 5.76 Å². The summed E-state index contributed by atoms with van der Waals surface area (Å²) >= 11 is 0. The van der Waals surface area contributed by atoms with Crippen molar-refractivity contribution >= 4 is 10.0 Å². The monoisotopic (exact) mass is 296 g/mol. The number of hydrogen-bond donors (Lipinski definition) is 2. The molecule has 0 saturated heterocycles. The minimum absolute atomic E-state index is 0.0637. The van der Waals surface area contributed by atoms with Crippen LogP contribution in [0.5, 0.6) is 0 Å². The molecule has 0 fully saturated rings. The van der Waals surface area contributed by atoms with Crippen molar-refractivity contribution in [2.75, 3.05) is 6.54 Å². The normalized spacial score (nSPS) is 14.9. The Balaban J connectivity index is 2.00. The molecule has 0 aliphatic rings. The Hall–Kier alpha value is -1.70. The van der Waals surface area contributed by atoms with Gasteiger partial charge in [-0.2, -0.15) is 0 Å². The summed E-state index contributed by atoms with van der Waals surface area (Å²) in [6, 6.07) is 6.42. The zero-order valence-corrected chi connectivity index (χ0v) is 11.8. The molecule has 0 bridgehead atoms. The number of aliphatic hydroxyl groups is 1. The summed E-state index contributed by atoms with van der Waals surface area (Å²) in [7, 11) is -3.68. The molecule has 0 aliphatic carbocycles. The molecule has 7 heteroatoms. The Labute approximate surface area is 117 Å². The van der Waals surface area contributed by atoms with Crippen LogP contribution < -0.4 is 4.72 Å². The van der Waals surface area contributed by atoms with E-state index in [1.807, 2.05) is 0 Å². The first-order chi connectivity index (χ1) is 9.39. The Bertz CT molecular complexity index is 636. The summed E-state index contributed by atoms with van der Waals surface area (Å²) < 4.78 is 31.5. The minimum atomic E-state index is -3.68. The molecule has 2 aromatic heterocycles. The Morgan fingerprint density at radius 3 is 2.80 bits per heavy atom. The Kier molecular flexibility index (Phi) is 4.22. The lowest BCUT2D eigenvalue weighted by molar-refractivity contribution is 0.0603. The number of sulfonamides is 1. The van der Waals surface area contributed by atoms with Gasteiger partial charge in [0.2, 0.25) is 10.0 Å². The molecule has 2 heterocycles. The summed E-state index contributed by atoms with van der Waals surface area (Å²) in [5.74, 6) is 0.593. The van der Waals surface area contributed by atoms with Crippen LogP contribution in [0.1, 0.15) is 12.7 Å². The molecule has 0 saturated carbocycles. The zero-order valence-electron chi connectivity index (χ0n) is 11.0. The molecule has 108 valence electrons. The van der Waals surface area contributed by atoms with Gasteiger partial charge in [0.15, 0.2) is 0 Å². The van der Waals surface area contributed by atoms with Gasteiger partial charge < -0.3 is 9.52 Å². The maximum Gasteiger partial charge on any atom is 0.242 e. The summed E-state index contributed by atoms with van der Waals surface area (Å²) in [4.78, 5) is 3.82. The lowest BCUT2D eigenvalue weighted by Gasteiger charge is -2.22. The third-order valence-corrected chi connectivity index (χ3v) is 4.11. The van der Waals surface area contributed by atoms with Gasteiger partial charge in [-0.05, 0) is 31.2 Å². The summed E-state index contributed by atoms with van der Waals surface area (Å²) in [5, 5.41) is 10.2. The smallest absolute Gasteiger partial charge is 0.242 e. The van der Waals surface area contributed by atoms with E-state index in [1.165, 1.54) is 30.8 Å². The van der Waals surface area contributed by atoms with Crippen molar-refractivity contribution in [1.82, 2.24) is 9.71 Å². The van der Waals surface area contributed by atoms with Gasteiger partial charge in [-0.25, -0.2) is 13.1 Å². The van der Waals surface area contributed by atoms with Crippen LogP contribution in [-0.2, 0) is 16.4 Å². The minimum Gasteiger partial charge on any atom is -0.469 e. The van der Waals surface area contributed by atoms with Gasteiger partial charge in [-0.3, -0.25) is 4.98 Å². The van der Waals surface area contributed by atoms with Crippen molar-refractivity contribution in [3.05, 3.63) is 48.7 Å². The number of aromatic nitrogens is 1. The molecule has 2 aromatic rings. The van der Waals surface area contributed by atoms with E-state index >= 15 is 0 Å². The molecule has 20 heavy (non-hydrogen) atoms. The van der Waals surface area contributed by atoms with E-state index < -0.39 is 15.6 Å². The molecule has 6 nitrogen and oxygen atoms in total. The van der Waals surface area contributed by atoms with Gasteiger partial charge in [-0.1, -0.05) is 0 Å². The van der Waals surface area contributed by atoms with E-state index in [0.717, 1.165) is 0 Å². The fourth-order valence-corrected chi connectivity index (χ4v) is 2.82. The second-order valence-electron chi connectivity index (χ2n) is 4.77. The summed E-state index contributed by atoms with van der Waals surface area (Å²) in [6.07, 6.45) is 4.47. The third-order valence-electron chi connectivity index (χ3n) is 2.72. The fourth-order valence-electron chi connectivity index (χ4n) is 1.69. The molecule has 0 aliphatic heterocycles. The third kappa shape index (κ3) is 3.89. The molecule has 0 aromatic carbocycles. The van der Waals surface area contributed by atoms with E-state index in [1.54, 1.807) is 19.1 Å². The first-order valence-corrected chi connectivity index (χ1v) is 7.52. The predicted octanol–water partition coefficient (Wildman–Crippen LogP) is 0.947. The van der Waals surface area contributed by atoms with Crippen molar-refractivity contribution in [3.8, 4) is 0 Å².